The van der Waals surface area contributed by atoms with Gasteiger partial charge in [-0.05, 0) is 42.4 Å². The van der Waals surface area contributed by atoms with E-state index in [-0.39, 0.29) is 12.6 Å². The molecule has 0 amide bonds. The molecule has 4 heterocycles. The van der Waals surface area contributed by atoms with Gasteiger partial charge in [-0.3, -0.25) is 9.48 Å². The molecule has 4 aromatic rings. The van der Waals surface area contributed by atoms with E-state index in [9.17, 15) is 9.18 Å². The molecule has 14 heteroatoms. The SMILES string of the molecule is [B]C([B])(C)n1ncc2c1-c1cnc(NCOC(=O)C(N)C(C)CC)c(c1)O[C@H](C)c1cc(F)ccc1-c1nn(C)nc1C2. The van der Waals surface area contributed by atoms with Gasteiger partial charge in [-0.15, -0.1) is 0 Å². The highest BCUT2D eigenvalue weighted by Gasteiger charge is 2.28. The molecule has 2 bridgehead atoms. The van der Waals surface area contributed by atoms with Crippen LogP contribution in [0.4, 0.5) is 10.2 Å². The summed E-state index contributed by atoms with van der Waals surface area (Å²) in [7, 11) is 14.3. The largest absolute Gasteiger partial charge is 0.482 e. The predicted octanol–water partition coefficient (Wildman–Crippen LogP) is 3.18. The van der Waals surface area contributed by atoms with Gasteiger partial charge in [0.1, 0.15) is 23.7 Å². The molecule has 4 radical (unpaired) electrons. The number of nitrogens with zero attached hydrogens (tertiary/aromatic N) is 6. The van der Waals surface area contributed by atoms with Gasteiger partial charge in [-0.2, -0.15) is 20.1 Å². The fourth-order valence-corrected chi connectivity index (χ4v) is 5.03. The van der Waals surface area contributed by atoms with E-state index in [0.717, 1.165) is 12.0 Å². The standard InChI is InChI=1S/C29H33B2FN8O3/c1-6-15(2)24(33)28(41)42-14-35-27-23-10-18(12-34-27)26-17(13-36-40(26)29(4,30)31)9-22-25(38-39(5)37-22)20-8-7-19(32)11-21(20)16(3)43-23/h7-8,10-13,15-16,24H,6,9,14,33H2,1-5H3,(H,34,35)/t15?,16-,24?/m1/s1. The Morgan fingerprint density at radius 2 is 2.07 bits per heavy atom. The summed E-state index contributed by atoms with van der Waals surface area (Å²) in [6.45, 7) is 7.08. The van der Waals surface area contributed by atoms with Gasteiger partial charge in [0.2, 0.25) is 0 Å². The third kappa shape index (κ3) is 6.15. The van der Waals surface area contributed by atoms with Gasteiger partial charge < -0.3 is 20.5 Å². The number of carbonyl (C=O) groups is 1. The number of halogens is 1. The third-order valence-corrected chi connectivity index (χ3v) is 7.56. The Labute approximate surface area is 252 Å². The molecule has 1 aliphatic heterocycles. The number of nitrogens with two attached hydrogens (primary N) is 1. The lowest BCUT2D eigenvalue weighted by atomic mass is 9.63. The van der Waals surface area contributed by atoms with Gasteiger partial charge in [-0.25, -0.2) is 9.37 Å². The molecule has 3 N–H and O–H groups in total. The molecule has 11 nitrogen and oxygen atoms in total. The highest BCUT2D eigenvalue weighted by atomic mass is 19.1. The fourth-order valence-electron chi connectivity index (χ4n) is 5.03. The Morgan fingerprint density at radius 1 is 1.30 bits per heavy atom. The van der Waals surface area contributed by atoms with Crippen LogP contribution in [0, 0.1) is 11.7 Å². The number of esters is 1. The molecule has 3 atom stereocenters. The topological polar surface area (TPSA) is 135 Å². The number of rotatable bonds is 7. The smallest absolute Gasteiger partial charge is 0.324 e. The molecular formula is C29H33B2FN8O3. The maximum absolute atomic E-state index is 14.6. The van der Waals surface area contributed by atoms with Gasteiger partial charge in [0.25, 0.3) is 0 Å². The maximum atomic E-state index is 14.6. The average Bonchev–Trinajstić information content (AvgIpc) is 3.55. The number of anilines is 1. The number of carbonyl (C=O) groups excluding carboxylic acids is 1. The van der Waals surface area contributed by atoms with Crippen molar-refractivity contribution < 1.29 is 18.7 Å². The van der Waals surface area contributed by atoms with E-state index in [1.54, 1.807) is 45.4 Å². The molecule has 3 aromatic heterocycles. The summed E-state index contributed by atoms with van der Waals surface area (Å²) in [5.74, 6) is -0.369. The summed E-state index contributed by atoms with van der Waals surface area (Å²) in [5, 5.41) is 15.4. The molecule has 0 saturated carbocycles. The van der Waals surface area contributed by atoms with Gasteiger partial charge in [0.05, 0.1) is 33.3 Å². The molecule has 0 spiro atoms. The number of hydrogen-bond donors (Lipinski definition) is 2. The van der Waals surface area contributed by atoms with Crippen molar-refractivity contribution >= 4 is 27.5 Å². The van der Waals surface area contributed by atoms with Crippen molar-refractivity contribution in [2.45, 2.75) is 58.0 Å². The summed E-state index contributed by atoms with van der Waals surface area (Å²) in [4.78, 5) is 18.5. The van der Waals surface area contributed by atoms with E-state index in [0.29, 0.717) is 51.8 Å². The monoisotopic (exact) mass is 582 g/mol. The lowest BCUT2D eigenvalue weighted by molar-refractivity contribution is -0.145. The van der Waals surface area contributed by atoms with Crippen LogP contribution in [-0.2, 0) is 28.3 Å². The fraction of sp³-hybridized carbons (Fsp3) is 0.414. The number of nitrogens with one attached hydrogen (secondary N) is 1. The second-order valence-corrected chi connectivity index (χ2v) is 11.1. The Bertz CT molecular complexity index is 1650. The first-order valence-electron chi connectivity index (χ1n) is 14.1. The number of hydrogen-bond acceptors (Lipinski definition) is 9. The molecule has 0 aliphatic carbocycles. The van der Waals surface area contributed by atoms with Crippen LogP contribution in [0.5, 0.6) is 5.75 Å². The van der Waals surface area contributed by atoms with Crippen LogP contribution in [0.25, 0.3) is 22.5 Å². The van der Waals surface area contributed by atoms with E-state index in [4.69, 9.17) is 30.9 Å². The zero-order chi connectivity index (χ0) is 31.1. The van der Waals surface area contributed by atoms with Crippen molar-refractivity contribution in [3.8, 4) is 28.3 Å². The quantitative estimate of drug-likeness (QED) is 0.191. The van der Waals surface area contributed by atoms with E-state index in [2.05, 4.69) is 25.6 Å². The van der Waals surface area contributed by atoms with E-state index < -0.39 is 29.3 Å². The molecule has 1 aliphatic rings. The van der Waals surface area contributed by atoms with Crippen LogP contribution in [0.3, 0.4) is 0 Å². The summed E-state index contributed by atoms with van der Waals surface area (Å²) in [6, 6.07) is 5.48. The summed E-state index contributed by atoms with van der Waals surface area (Å²) in [6.07, 6.45) is 3.72. The molecule has 1 aromatic carbocycles. The lowest BCUT2D eigenvalue weighted by Gasteiger charge is -2.25. The van der Waals surface area contributed by atoms with Gasteiger partial charge >= 0.3 is 5.97 Å². The van der Waals surface area contributed by atoms with E-state index >= 15 is 0 Å². The molecule has 0 saturated heterocycles. The zero-order valence-corrected chi connectivity index (χ0v) is 24.8. The second kappa shape index (κ2) is 11.8. The number of fused-ring (bicyclic) bond motifs is 7. The normalized spacial score (nSPS) is 15.9. The molecule has 220 valence electrons. The Balaban J connectivity index is 1.61. The first-order valence-corrected chi connectivity index (χ1v) is 14.1. The highest BCUT2D eigenvalue weighted by molar-refractivity contribution is 6.37. The van der Waals surface area contributed by atoms with Crippen molar-refractivity contribution in [2.24, 2.45) is 18.7 Å². The minimum atomic E-state index is -1.34. The number of ether oxygens (including phenoxy) is 2. The van der Waals surface area contributed by atoms with E-state index in [1.165, 1.54) is 21.6 Å². The minimum Gasteiger partial charge on any atom is -0.482 e. The Morgan fingerprint density at radius 3 is 2.79 bits per heavy atom. The van der Waals surface area contributed by atoms with Crippen molar-refractivity contribution in [1.29, 1.82) is 0 Å². The number of benzene rings is 1. The Hall–Kier alpha value is -4.19. The molecular weight excluding hydrogens is 549 g/mol. The highest BCUT2D eigenvalue weighted by Crippen LogP contribution is 2.39. The van der Waals surface area contributed by atoms with Gasteiger partial charge in [0.15, 0.2) is 18.3 Å². The molecule has 43 heavy (non-hydrogen) atoms. The minimum absolute atomic E-state index is 0.0340. The molecule has 0 fully saturated rings. The summed E-state index contributed by atoms with van der Waals surface area (Å²) in [5.41, 5.74) is 10.5. The van der Waals surface area contributed by atoms with Crippen molar-refractivity contribution in [3.05, 3.63) is 59.3 Å². The third-order valence-electron chi connectivity index (χ3n) is 7.56. The Kier molecular flexibility index (Phi) is 8.33. The predicted molar refractivity (Wildman–Crippen MR) is 161 cm³/mol. The number of aromatic nitrogens is 6. The zero-order valence-electron chi connectivity index (χ0n) is 24.8. The van der Waals surface area contributed by atoms with Crippen LogP contribution in [-0.4, -0.2) is 64.2 Å². The van der Waals surface area contributed by atoms with Crippen LogP contribution >= 0.6 is 0 Å². The van der Waals surface area contributed by atoms with Crippen LogP contribution in [0.1, 0.15) is 57.0 Å². The average molecular weight is 582 g/mol. The first-order chi connectivity index (χ1) is 20.4. The molecule has 5 rings (SSSR count). The van der Waals surface area contributed by atoms with Crippen molar-refractivity contribution in [3.63, 3.8) is 0 Å². The van der Waals surface area contributed by atoms with E-state index in [1.807, 2.05) is 13.8 Å². The lowest BCUT2D eigenvalue weighted by Crippen LogP contribution is -2.38. The van der Waals surface area contributed by atoms with Crippen molar-refractivity contribution in [2.75, 3.05) is 12.0 Å². The maximum Gasteiger partial charge on any atom is 0.324 e. The summed E-state index contributed by atoms with van der Waals surface area (Å²) >= 11 is 0. The number of pyridine rings is 1. The van der Waals surface area contributed by atoms with Gasteiger partial charge in [0, 0.05) is 41.9 Å². The second-order valence-electron chi connectivity index (χ2n) is 11.1. The van der Waals surface area contributed by atoms with Crippen molar-refractivity contribution in [1.82, 2.24) is 29.8 Å². The first kappa shape index (κ1) is 30.3. The summed E-state index contributed by atoms with van der Waals surface area (Å²) < 4.78 is 27.9. The molecule has 2 unspecified atom stereocenters. The van der Waals surface area contributed by atoms with Crippen LogP contribution < -0.4 is 15.8 Å². The number of aryl methyl sites for hydroxylation is 1. The van der Waals surface area contributed by atoms with Crippen LogP contribution in [0.2, 0.25) is 0 Å². The van der Waals surface area contributed by atoms with Crippen LogP contribution in [0.15, 0.2) is 36.7 Å². The van der Waals surface area contributed by atoms with Gasteiger partial charge in [-0.1, -0.05) is 27.2 Å².